The van der Waals surface area contributed by atoms with Gasteiger partial charge in [-0.25, -0.2) is 4.39 Å². The second-order valence-corrected chi connectivity index (χ2v) is 3.21. The molecule has 0 saturated heterocycles. The second-order valence-electron chi connectivity index (χ2n) is 3.21. The van der Waals surface area contributed by atoms with Gasteiger partial charge >= 0.3 is 0 Å². The van der Waals surface area contributed by atoms with Crippen molar-refractivity contribution in [1.29, 1.82) is 0 Å². The molecule has 1 fully saturated rings. The van der Waals surface area contributed by atoms with Crippen LogP contribution in [0.5, 0.6) is 5.75 Å². The average molecular weight is 167 g/mol. The van der Waals surface area contributed by atoms with E-state index >= 15 is 0 Å². The average Bonchev–Trinajstić information content (AvgIpc) is 2.73. The largest absolute Gasteiger partial charge is 0.508 e. The maximum Gasteiger partial charge on any atom is 0.123 e. The van der Waals surface area contributed by atoms with Gasteiger partial charge in [0.05, 0.1) is 0 Å². The van der Waals surface area contributed by atoms with E-state index in [1.807, 2.05) is 0 Å². The minimum atomic E-state index is -0.318. The molecule has 3 heteroatoms. The summed E-state index contributed by atoms with van der Waals surface area (Å²) in [5.74, 6) is -0.0167. The third-order valence-electron chi connectivity index (χ3n) is 2.23. The molecule has 64 valence electrons. The quantitative estimate of drug-likeness (QED) is 0.663. The molecule has 2 nitrogen and oxygen atoms in total. The zero-order chi connectivity index (χ0) is 8.72. The normalized spacial score (nSPS) is 27.2. The van der Waals surface area contributed by atoms with E-state index in [2.05, 4.69) is 0 Å². The lowest BCUT2D eigenvalue weighted by Crippen LogP contribution is -2.01. The molecule has 0 aromatic heterocycles. The first-order valence-electron chi connectivity index (χ1n) is 3.92. The number of halogens is 1. The van der Waals surface area contributed by atoms with Crippen molar-refractivity contribution >= 4 is 0 Å². The summed E-state index contributed by atoms with van der Waals surface area (Å²) in [7, 11) is 0. The Bertz CT molecular complexity index is 313. The zero-order valence-corrected chi connectivity index (χ0v) is 6.50. The van der Waals surface area contributed by atoms with Crippen molar-refractivity contribution in [2.24, 2.45) is 5.73 Å². The van der Waals surface area contributed by atoms with Gasteiger partial charge in [-0.1, -0.05) is 0 Å². The Morgan fingerprint density at radius 2 is 2.17 bits per heavy atom. The van der Waals surface area contributed by atoms with Crippen molar-refractivity contribution in [2.45, 2.75) is 18.4 Å². The number of phenolic OH excluding ortho intramolecular Hbond substituents is 1. The number of hydrogen-bond donors (Lipinski definition) is 2. The van der Waals surface area contributed by atoms with Crippen LogP contribution in [0.25, 0.3) is 0 Å². The molecule has 0 bridgehead atoms. The monoisotopic (exact) mass is 167 g/mol. The van der Waals surface area contributed by atoms with Crippen LogP contribution in [-0.4, -0.2) is 11.1 Å². The lowest BCUT2D eigenvalue weighted by Gasteiger charge is -2.01. The number of nitrogens with two attached hydrogens (primary N) is 1. The Morgan fingerprint density at radius 1 is 1.50 bits per heavy atom. The van der Waals surface area contributed by atoms with Crippen LogP contribution >= 0.6 is 0 Å². The summed E-state index contributed by atoms with van der Waals surface area (Å²) in [6.07, 6.45) is 0.844. The molecule has 1 aromatic carbocycles. The molecule has 1 aromatic rings. The number of aromatic hydroxyl groups is 1. The third kappa shape index (κ3) is 1.16. The van der Waals surface area contributed by atoms with E-state index in [0.717, 1.165) is 6.42 Å². The van der Waals surface area contributed by atoms with Crippen LogP contribution in [0.1, 0.15) is 17.9 Å². The smallest absolute Gasteiger partial charge is 0.123 e. The fourth-order valence-electron chi connectivity index (χ4n) is 1.39. The molecule has 12 heavy (non-hydrogen) atoms. The molecule has 0 spiro atoms. The standard InChI is InChI=1S/C9H10FNO/c10-5-1-2-9(12)7(3-5)6-4-8(6)11/h1-3,6,8,12H,4,11H2/t6-,8+/m0/s1. The van der Waals surface area contributed by atoms with E-state index in [-0.39, 0.29) is 23.5 Å². The third-order valence-corrected chi connectivity index (χ3v) is 2.23. The summed E-state index contributed by atoms with van der Waals surface area (Å²) in [6.45, 7) is 0. The van der Waals surface area contributed by atoms with Gasteiger partial charge in [0, 0.05) is 17.5 Å². The lowest BCUT2D eigenvalue weighted by molar-refractivity contribution is 0.465. The first-order valence-corrected chi connectivity index (χ1v) is 3.92. The van der Waals surface area contributed by atoms with Crippen LogP contribution in [0.4, 0.5) is 4.39 Å². The summed E-state index contributed by atoms with van der Waals surface area (Å²) in [4.78, 5) is 0. The zero-order valence-electron chi connectivity index (χ0n) is 6.50. The predicted molar refractivity (Wildman–Crippen MR) is 43.4 cm³/mol. The van der Waals surface area contributed by atoms with Crippen molar-refractivity contribution in [2.75, 3.05) is 0 Å². The van der Waals surface area contributed by atoms with E-state index in [1.54, 1.807) is 0 Å². The molecule has 1 aliphatic carbocycles. The maximum atomic E-state index is 12.7. The minimum absolute atomic E-state index is 0.0951. The highest BCUT2D eigenvalue weighted by atomic mass is 19.1. The maximum absolute atomic E-state index is 12.7. The first-order chi connectivity index (χ1) is 5.68. The van der Waals surface area contributed by atoms with E-state index in [0.29, 0.717) is 5.56 Å². The van der Waals surface area contributed by atoms with Crippen LogP contribution < -0.4 is 5.73 Å². The highest BCUT2D eigenvalue weighted by Gasteiger charge is 2.36. The highest BCUT2D eigenvalue weighted by Crippen LogP contribution is 2.42. The van der Waals surface area contributed by atoms with Gasteiger partial charge in [0.25, 0.3) is 0 Å². The number of rotatable bonds is 1. The molecular formula is C9H10FNO. The van der Waals surface area contributed by atoms with Crippen molar-refractivity contribution in [1.82, 2.24) is 0 Å². The molecular weight excluding hydrogens is 157 g/mol. The number of benzene rings is 1. The fraction of sp³-hybridized carbons (Fsp3) is 0.333. The van der Waals surface area contributed by atoms with Crippen molar-refractivity contribution in [3.8, 4) is 5.75 Å². The Labute approximate surface area is 69.8 Å². The first kappa shape index (κ1) is 7.55. The topological polar surface area (TPSA) is 46.2 Å². The minimum Gasteiger partial charge on any atom is -0.508 e. The fourth-order valence-corrected chi connectivity index (χ4v) is 1.39. The number of phenols is 1. The Hall–Kier alpha value is -1.09. The van der Waals surface area contributed by atoms with Gasteiger partial charge in [0.2, 0.25) is 0 Å². The van der Waals surface area contributed by atoms with Crippen LogP contribution in [0.2, 0.25) is 0 Å². The lowest BCUT2D eigenvalue weighted by atomic mass is 10.1. The van der Waals surface area contributed by atoms with Crippen LogP contribution in [0.3, 0.4) is 0 Å². The summed E-state index contributed by atoms with van der Waals surface area (Å²) in [5.41, 5.74) is 6.23. The second kappa shape index (κ2) is 2.45. The molecule has 0 heterocycles. The van der Waals surface area contributed by atoms with Gasteiger partial charge in [-0.2, -0.15) is 0 Å². The van der Waals surface area contributed by atoms with Gasteiger partial charge in [-0.05, 0) is 24.6 Å². The molecule has 2 atom stereocenters. The van der Waals surface area contributed by atoms with Gasteiger partial charge in [0.1, 0.15) is 11.6 Å². The Balaban J connectivity index is 2.36. The van der Waals surface area contributed by atoms with Crippen LogP contribution in [-0.2, 0) is 0 Å². The molecule has 1 saturated carbocycles. The molecule has 0 aliphatic heterocycles. The van der Waals surface area contributed by atoms with E-state index < -0.39 is 0 Å². The predicted octanol–water partition coefficient (Wildman–Crippen LogP) is 1.35. The summed E-state index contributed by atoms with van der Waals surface area (Å²) < 4.78 is 12.7. The molecule has 0 radical (unpaired) electrons. The summed E-state index contributed by atoms with van der Waals surface area (Å²) in [5, 5.41) is 9.34. The summed E-state index contributed by atoms with van der Waals surface area (Å²) in [6, 6.07) is 4.06. The van der Waals surface area contributed by atoms with E-state index in [4.69, 9.17) is 5.73 Å². The van der Waals surface area contributed by atoms with Gasteiger partial charge < -0.3 is 10.8 Å². The molecule has 2 rings (SSSR count). The Morgan fingerprint density at radius 3 is 2.75 bits per heavy atom. The molecule has 0 amide bonds. The SMILES string of the molecule is N[C@@H]1C[C@H]1c1cc(F)ccc1O. The van der Waals surface area contributed by atoms with Crippen molar-refractivity contribution in [3.63, 3.8) is 0 Å². The molecule has 0 unspecified atom stereocenters. The van der Waals surface area contributed by atoms with Crippen LogP contribution in [0, 0.1) is 5.82 Å². The highest BCUT2D eigenvalue weighted by molar-refractivity contribution is 5.39. The van der Waals surface area contributed by atoms with Crippen molar-refractivity contribution < 1.29 is 9.50 Å². The molecule has 1 aliphatic rings. The van der Waals surface area contributed by atoms with Gasteiger partial charge in [0.15, 0.2) is 0 Å². The Kier molecular flexibility index (Phi) is 1.54. The van der Waals surface area contributed by atoms with E-state index in [1.165, 1.54) is 18.2 Å². The van der Waals surface area contributed by atoms with Crippen molar-refractivity contribution in [3.05, 3.63) is 29.6 Å². The summed E-state index contributed by atoms with van der Waals surface area (Å²) >= 11 is 0. The molecule has 3 N–H and O–H groups in total. The van der Waals surface area contributed by atoms with Crippen LogP contribution in [0.15, 0.2) is 18.2 Å². The number of hydrogen-bond acceptors (Lipinski definition) is 2. The van der Waals surface area contributed by atoms with Gasteiger partial charge in [-0.3, -0.25) is 0 Å². The van der Waals surface area contributed by atoms with E-state index in [9.17, 15) is 9.50 Å². The van der Waals surface area contributed by atoms with Gasteiger partial charge in [-0.15, -0.1) is 0 Å².